The largest absolute Gasteiger partial charge is 0.489 e. The van der Waals surface area contributed by atoms with Gasteiger partial charge in [-0.3, -0.25) is 0 Å². The van der Waals surface area contributed by atoms with Crippen molar-refractivity contribution in [3.05, 3.63) is 65.7 Å². The maximum atomic E-state index is 5.91. The molecule has 18 heavy (non-hydrogen) atoms. The third-order valence-corrected chi connectivity index (χ3v) is 3.59. The molecule has 0 aliphatic rings. The number of hydrogen-bond donors (Lipinski definition) is 0. The quantitative estimate of drug-likeness (QED) is 0.753. The summed E-state index contributed by atoms with van der Waals surface area (Å²) < 4.78 is 5.91. The lowest BCUT2D eigenvalue weighted by Gasteiger charge is -2.11. The van der Waals surface area contributed by atoms with E-state index >= 15 is 0 Å². The number of hydrogen-bond acceptors (Lipinski definition) is 2. The van der Waals surface area contributed by atoms with Gasteiger partial charge >= 0.3 is 0 Å². The summed E-state index contributed by atoms with van der Waals surface area (Å²) in [6.07, 6.45) is 0. The standard InChI is InChI=1S/C16H18OS/c1-2-18-13-15-10-6-7-11-16(15)17-12-14-8-4-3-5-9-14/h3-11H,2,12-13H2,1H3. The van der Waals surface area contributed by atoms with Crippen LogP contribution in [0.2, 0.25) is 0 Å². The lowest BCUT2D eigenvalue weighted by molar-refractivity contribution is 0.304. The molecule has 0 aliphatic heterocycles. The fourth-order valence-electron chi connectivity index (χ4n) is 1.71. The van der Waals surface area contributed by atoms with Crippen LogP contribution >= 0.6 is 11.8 Å². The molecule has 0 aromatic heterocycles. The van der Waals surface area contributed by atoms with E-state index in [4.69, 9.17) is 4.74 Å². The molecule has 1 nitrogen and oxygen atoms in total. The Labute approximate surface area is 113 Å². The summed E-state index contributed by atoms with van der Waals surface area (Å²) in [4.78, 5) is 0. The molecule has 0 radical (unpaired) electrons. The van der Waals surface area contributed by atoms with Gasteiger partial charge in [-0.15, -0.1) is 0 Å². The van der Waals surface area contributed by atoms with Crippen molar-refractivity contribution < 1.29 is 4.74 Å². The van der Waals surface area contributed by atoms with Crippen LogP contribution in [0.3, 0.4) is 0 Å². The lowest BCUT2D eigenvalue weighted by atomic mass is 10.2. The molecule has 2 aromatic rings. The Morgan fingerprint density at radius 1 is 0.944 bits per heavy atom. The molecule has 94 valence electrons. The van der Waals surface area contributed by atoms with Crippen molar-refractivity contribution in [1.82, 2.24) is 0 Å². The van der Waals surface area contributed by atoms with Crippen molar-refractivity contribution in [2.45, 2.75) is 19.3 Å². The van der Waals surface area contributed by atoms with E-state index in [1.165, 1.54) is 11.1 Å². The lowest BCUT2D eigenvalue weighted by Crippen LogP contribution is -1.97. The highest BCUT2D eigenvalue weighted by Gasteiger charge is 2.02. The SMILES string of the molecule is CCSCc1ccccc1OCc1ccccc1. The van der Waals surface area contributed by atoms with Crippen LogP contribution in [-0.4, -0.2) is 5.75 Å². The number of thioether (sulfide) groups is 1. The fourth-order valence-corrected chi connectivity index (χ4v) is 2.37. The Balaban J connectivity index is 2.00. The van der Waals surface area contributed by atoms with Gasteiger partial charge in [-0.25, -0.2) is 0 Å². The van der Waals surface area contributed by atoms with E-state index in [0.717, 1.165) is 17.3 Å². The predicted molar refractivity (Wildman–Crippen MR) is 79.1 cm³/mol. The van der Waals surface area contributed by atoms with Gasteiger partial charge in [0.1, 0.15) is 12.4 Å². The molecule has 0 saturated heterocycles. The highest BCUT2D eigenvalue weighted by atomic mass is 32.2. The second-order valence-corrected chi connectivity index (χ2v) is 5.29. The summed E-state index contributed by atoms with van der Waals surface area (Å²) in [6, 6.07) is 18.6. The van der Waals surface area contributed by atoms with Crippen molar-refractivity contribution in [2.75, 3.05) is 5.75 Å². The van der Waals surface area contributed by atoms with Crippen LogP contribution in [0.1, 0.15) is 18.1 Å². The van der Waals surface area contributed by atoms with Crippen molar-refractivity contribution in [3.8, 4) is 5.75 Å². The molecule has 0 bridgehead atoms. The van der Waals surface area contributed by atoms with Gasteiger partial charge in [-0.1, -0.05) is 55.5 Å². The van der Waals surface area contributed by atoms with Gasteiger partial charge < -0.3 is 4.74 Å². The molecular formula is C16H18OS. The molecule has 0 heterocycles. The van der Waals surface area contributed by atoms with Gasteiger partial charge in [0, 0.05) is 11.3 Å². The Bertz CT molecular complexity index is 468. The molecule has 0 fully saturated rings. The third kappa shape index (κ3) is 3.81. The molecule has 2 heteroatoms. The van der Waals surface area contributed by atoms with E-state index in [-0.39, 0.29) is 0 Å². The summed E-state index contributed by atoms with van der Waals surface area (Å²) >= 11 is 1.92. The Morgan fingerprint density at radius 3 is 2.44 bits per heavy atom. The summed E-state index contributed by atoms with van der Waals surface area (Å²) in [6.45, 7) is 2.81. The molecule has 0 atom stereocenters. The fraction of sp³-hybridized carbons (Fsp3) is 0.250. The van der Waals surface area contributed by atoms with Crippen LogP contribution in [0.25, 0.3) is 0 Å². The van der Waals surface area contributed by atoms with Crippen LogP contribution in [0.4, 0.5) is 0 Å². The summed E-state index contributed by atoms with van der Waals surface area (Å²) in [5.74, 6) is 3.15. The molecular weight excluding hydrogens is 240 g/mol. The second-order valence-electron chi connectivity index (χ2n) is 4.02. The van der Waals surface area contributed by atoms with Crippen molar-refractivity contribution in [3.63, 3.8) is 0 Å². The Morgan fingerprint density at radius 2 is 1.67 bits per heavy atom. The van der Waals surface area contributed by atoms with Crippen molar-refractivity contribution in [2.24, 2.45) is 0 Å². The Kier molecular flexibility index (Phi) is 5.15. The highest BCUT2D eigenvalue weighted by molar-refractivity contribution is 7.98. The van der Waals surface area contributed by atoms with Crippen molar-refractivity contribution in [1.29, 1.82) is 0 Å². The molecule has 0 amide bonds. The van der Waals surface area contributed by atoms with Gasteiger partial charge in [0.25, 0.3) is 0 Å². The molecule has 2 aromatic carbocycles. The molecule has 0 N–H and O–H groups in total. The smallest absolute Gasteiger partial charge is 0.123 e. The summed E-state index contributed by atoms with van der Waals surface area (Å²) in [7, 11) is 0. The first kappa shape index (κ1) is 13.0. The van der Waals surface area contributed by atoms with Crippen LogP contribution in [-0.2, 0) is 12.4 Å². The number of ether oxygens (including phenoxy) is 1. The maximum absolute atomic E-state index is 5.91. The van der Waals surface area contributed by atoms with Gasteiger partial charge in [-0.2, -0.15) is 11.8 Å². The zero-order valence-electron chi connectivity index (χ0n) is 10.6. The monoisotopic (exact) mass is 258 g/mol. The van der Waals surface area contributed by atoms with Gasteiger partial charge in [0.15, 0.2) is 0 Å². The van der Waals surface area contributed by atoms with E-state index in [0.29, 0.717) is 6.61 Å². The van der Waals surface area contributed by atoms with E-state index < -0.39 is 0 Å². The minimum Gasteiger partial charge on any atom is -0.489 e. The minimum atomic E-state index is 0.634. The topological polar surface area (TPSA) is 9.23 Å². The maximum Gasteiger partial charge on any atom is 0.123 e. The van der Waals surface area contributed by atoms with E-state index in [1.807, 2.05) is 36.0 Å². The number of benzene rings is 2. The number of rotatable bonds is 6. The summed E-state index contributed by atoms with van der Waals surface area (Å²) in [5.41, 5.74) is 2.48. The predicted octanol–water partition coefficient (Wildman–Crippen LogP) is 4.52. The molecule has 0 spiro atoms. The van der Waals surface area contributed by atoms with Gasteiger partial charge in [-0.05, 0) is 17.4 Å². The van der Waals surface area contributed by atoms with Crippen LogP contribution in [0.5, 0.6) is 5.75 Å². The van der Waals surface area contributed by atoms with Crippen LogP contribution in [0.15, 0.2) is 54.6 Å². The van der Waals surface area contributed by atoms with E-state index in [2.05, 4.69) is 37.3 Å². The summed E-state index contributed by atoms with van der Waals surface area (Å²) in [5, 5.41) is 0. The number of para-hydroxylation sites is 1. The molecule has 0 saturated carbocycles. The highest BCUT2D eigenvalue weighted by Crippen LogP contribution is 2.23. The molecule has 0 aliphatic carbocycles. The van der Waals surface area contributed by atoms with Crippen LogP contribution in [0, 0.1) is 0 Å². The second kappa shape index (κ2) is 7.12. The first-order valence-electron chi connectivity index (χ1n) is 6.22. The van der Waals surface area contributed by atoms with E-state index in [9.17, 15) is 0 Å². The average molecular weight is 258 g/mol. The van der Waals surface area contributed by atoms with E-state index in [1.54, 1.807) is 0 Å². The van der Waals surface area contributed by atoms with Gasteiger partial charge in [0.05, 0.1) is 0 Å². The first-order chi connectivity index (χ1) is 8.90. The average Bonchev–Trinajstić information content (AvgIpc) is 2.45. The third-order valence-electron chi connectivity index (χ3n) is 2.67. The minimum absolute atomic E-state index is 0.634. The van der Waals surface area contributed by atoms with Crippen LogP contribution < -0.4 is 4.74 Å². The van der Waals surface area contributed by atoms with Crippen molar-refractivity contribution >= 4 is 11.8 Å². The zero-order valence-corrected chi connectivity index (χ0v) is 11.5. The molecule has 0 unspecified atom stereocenters. The first-order valence-corrected chi connectivity index (χ1v) is 7.38. The molecule has 2 rings (SSSR count). The zero-order chi connectivity index (χ0) is 12.6. The van der Waals surface area contributed by atoms with Gasteiger partial charge in [0.2, 0.25) is 0 Å². The Hall–Kier alpha value is -1.41. The normalized spacial score (nSPS) is 10.3.